The van der Waals surface area contributed by atoms with Gasteiger partial charge in [-0.15, -0.1) is 0 Å². The Labute approximate surface area is 223 Å². The molecule has 4 aromatic rings. The minimum atomic E-state index is -0.362. The van der Waals surface area contributed by atoms with Crippen molar-refractivity contribution in [1.82, 2.24) is 0 Å². The Kier molecular flexibility index (Phi) is 9.84. The van der Waals surface area contributed by atoms with Gasteiger partial charge in [-0.3, -0.25) is 4.79 Å². The van der Waals surface area contributed by atoms with E-state index in [1.165, 1.54) is 6.92 Å². The molecule has 0 aliphatic heterocycles. The first-order chi connectivity index (χ1) is 18.6. The zero-order valence-corrected chi connectivity index (χ0v) is 22.0. The van der Waals surface area contributed by atoms with Crippen LogP contribution in [0.25, 0.3) is 32.7 Å². The number of hydrogen-bond donors (Lipinski definition) is 0. The summed E-state index contributed by atoms with van der Waals surface area (Å²) in [5.74, 6) is 0.885. The Morgan fingerprint density at radius 3 is 1.95 bits per heavy atom. The van der Waals surface area contributed by atoms with Crippen molar-refractivity contribution in [2.75, 3.05) is 33.5 Å². The molecule has 4 rings (SSSR count). The Morgan fingerprint density at radius 2 is 1.29 bits per heavy atom. The monoisotopic (exact) mass is 514 g/mol. The molecule has 38 heavy (non-hydrogen) atoms. The molecular formula is C32H34O6. The van der Waals surface area contributed by atoms with Gasteiger partial charge in [-0.05, 0) is 47.0 Å². The van der Waals surface area contributed by atoms with E-state index in [9.17, 15) is 9.59 Å². The van der Waals surface area contributed by atoms with Crippen molar-refractivity contribution in [1.29, 1.82) is 0 Å². The standard InChI is InChI=1S/C32H34O6/c1-23(33)9-7-14-30(34)38-29-18-16-25-11-4-6-13-27(25)32(29)31-26-12-5-3-10-24(26)15-17-28(31)37-20-8-19-36-22-21-35-2/h3-6,10-13,15-18H,7-9,14,19-22H2,1-2H3. The molecular weight excluding hydrogens is 480 g/mol. The van der Waals surface area contributed by atoms with Gasteiger partial charge in [0.25, 0.3) is 0 Å². The van der Waals surface area contributed by atoms with E-state index in [-0.39, 0.29) is 18.2 Å². The fourth-order valence-corrected chi connectivity index (χ4v) is 4.47. The van der Waals surface area contributed by atoms with Gasteiger partial charge in [-0.2, -0.15) is 0 Å². The van der Waals surface area contributed by atoms with E-state index in [4.69, 9.17) is 18.9 Å². The third kappa shape index (κ3) is 6.97. The third-order valence-electron chi connectivity index (χ3n) is 6.29. The van der Waals surface area contributed by atoms with Gasteiger partial charge >= 0.3 is 5.97 Å². The maximum Gasteiger partial charge on any atom is 0.311 e. The summed E-state index contributed by atoms with van der Waals surface area (Å²) in [6.07, 6.45) is 1.72. The molecule has 0 saturated carbocycles. The first-order valence-electron chi connectivity index (χ1n) is 13.0. The van der Waals surface area contributed by atoms with Crippen LogP contribution in [0, 0.1) is 0 Å². The van der Waals surface area contributed by atoms with Crippen molar-refractivity contribution in [3.8, 4) is 22.6 Å². The minimum absolute atomic E-state index is 0.0610. The second-order valence-electron chi connectivity index (χ2n) is 9.16. The van der Waals surface area contributed by atoms with Crippen LogP contribution in [-0.4, -0.2) is 45.3 Å². The van der Waals surface area contributed by atoms with E-state index in [0.717, 1.165) is 39.1 Å². The SMILES string of the molecule is COCCOCCCOc1ccc2ccccc2c1-c1c(OC(=O)CCCC(C)=O)ccc2ccccc12. The quantitative estimate of drug-likeness (QED) is 0.105. The number of ether oxygens (including phenoxy) is 4. The lowest BCUT2D eigenvalue weighted by atomic mass is 9.92. The summed E-state index contributed by atoms with van der Waals surface area (Å²) in [7, 11) is 1.65. The first kappa shape index (κ1) is 27.3. The highest BCUT2D eigenvalue weighted by Gasteiger charge is 2.20. The van der Waals surface area contributed by atoms with Gasteiger partial charge in [0.2, 0.25) is 0 Å². The summed E-state index contributed by atoms with van der Waals surface area (Å²) in [6, 6.07) is 24.0. The van der Waals surface area contributed by atoms with Crippen molar-refractivity contribution in [2.24, 2.45) is 0 Å². The molecule has 0 aliphatic carbocycles. The lowest BCUT2D eigenvalue weighted by molar-refractivity contribution is -0.134. The second kappa shape index (κ2) is 13.7. The van der Waals surface area contributed by atoms with Crippen LogP contribution in [0.4, 0.5) is 0 Å². The molecule has 198 valence electrons. The summed E-state index contributed by atoms with van der Waals surface area (Å²) in [5, 5.41) is 4.06. The van der Waals surface area contributed by atoms with E-state index in [1.54, 1.807) is 7.11 Å². The lowest BCUT2D eigenvalue weighted by Gasteiger charge is -2.19. The number of carbonyl (C=O) groups is 2. The van der Waals surface area contributed by atoms with E-state index in [1.807, 2.05) is 60.7 Å². The van der Waals surface area contributed by atoms with Crippen LogP contribution in [0.3, 0.4) is 0 Å². The first-order valence-corrected chi connectivity index (χ1v) is 13.0. The zero-order valence-electron chi connectivity index (χ0n) is 22.0. The fourth-order valence-electron chi connectivity index (χ4n) is 4.47. The highest BCUT2D eigenvalue weighted by atomic mass is 16.5. The largest absolute Gasteiger partial charge is 0.493 e. The fraction of sp³-hybridized carbons (Fsp3) is 0.312. The van der Waals surface area contributed by atoms with Gasteiger partial charge in [-0.25, -0.2) is 0 Å². The van der Waals surface area contributed by atoms with Crippen molar-refractivity contribution >= 4 is 33.3 Å². The Balaban J connectivity index is 1.72. The van der Waals surface area contributed by atoms with Crippen molar-refractivity contribution in [3.05, 3.63) is 72.8 Å². The van der Waals surface area contributed by atoms with Crippen molar-refractivity contribution < 1.29 is 28.5 Å². The van der Waals surface area contributed by atoms with Gasteiger partial charge in [0, 0.05) is 44.1 Å². The predicted molar refractivity (Wildman–Crippen MR) is 150 cm³/mol. The average Bonchev–Trinajstić information content (AvgIpc) is 2.92. The molecule has 0 amide bonds. The summed E-state index contributed by atoms with van der Waals surface area (Å²) in [4.78, 5) is 24.1. The number of carbonyl (C=O) groups excluding carboxylic acids is 2. The molecule has 4 aromatic carbocycles. The summed E-state index contributed by atoms with van der Waals surface area (Å²) < 4.78 is 22.9. The Morgan fingerprint density at radius 1 is 0.658 bits per heavy atom. The van der Waals surface area contributed by atoms with Crippen LogP contribution in [0.2, 0.25) is 0 Å². The number of methoxy groups -OCH3 is 1. The number of Topliss-reactive ketones (excluding diaryl/α,β-unsaturated/α-hetero) is 1. The minimum Gasteiger partial charge on any atom is -0.493 e. The number of benzene rings is 4. The highest BCUT2D eigenvalue weighted by molar-refractivity contribution is 6.10. The van der Waals surface area contributed by atoms with E-state index in [2.05, 4.69) is 12.1 Å². The maximum atomic E-state index is 12.8. The van der Waals surface area contributed by atoms with E-state index >= 15 is 0 Å². The molecule has 0 bridgehead atoms. The van der Waals surface area contributed by atoms with Crippen LogP contribution in [0.15, 0.2) is 72.8 Å². The van der Waals surface area contributed by atoms with Gasteiger partial charge in [0.15, 0.2) is 0 Å². The van der Waals surface area contributed by atoms with Crippen LogP contribution in [0.1, 0.15) is 32.6 Å². The predicted octanol–water partition coefficient (Wildman–Crippen LogP) is 6.76. The Hall–Kier alpha value is -3.74. The summed E-state index contributed by atoms with van der Waals surface area (Å²) in [5.41, 5.74) is 1.69. The average molecular weight is 515 g/mol. The molecule has 0 saturated heterocycles. The van der Waals surface area contributed by atoms with Gasteiger partial charge in [0.1, 0.15) is 17.3 Å². The molecule has 0 N–H and O–H groups in total. The molecule has 0 radical (unpaired) electrons. The summed E-state index contributed by atoms with van der Waals surface area (Å²) >= 11 is 0. The van der Waals surface area contributed by atoms with Crippen LogP contribution < -0.4 is 9.47 Å². The molecule has 0 atom stereocenters. The van der Waals surface area contributed by atoms with Crippen molar-refractivity contribution in [3.63, 3.8) is 0 Å². The van der Waals surface area contributed by atoms with Crippen molar-refractivity contribution in [2.45, 2.75) is 32.6 Å². The number of fused-ring (bicyclic) bond motifs is 2. The zero-order chi connectivity index (χ0) is 26.7. The normalized spacial score (nSPS) is 11.1. The molecule has 0 unspecified atom stereocenters. The van der Waals surface area contributed by atoms with E-state index < -0.39 is 0 Å². The molecule has 0 spiro atoms. The maximum absolute atomic E-state index is 12.8. The van der Waals surface area contributed by atoms with Crippen LogP contribution in [0.5, 0.6) is 11.5 Å². The smallest absolute Gasteiger partial charge is 0.311 e. The Bertz CT molecular complexity index is 1390. The summed E-state index contributed by atoms with van der Waals surface area (Å²) in [6.45, 7) is 3.69. The topological polar surface area (TPSA) is 71.1 Å². The number of hydrogen-bond acceptors (Lipinski definition) is 6. The lowest BCUT2D eigenvalue weighted by Crippen LogP contribution is -2.10. The van der Waals surface area contributed by atoms with Gasteiger partial charge in [-0.1, -0.05) is 60.7 Å². The molecule has 0 aromatic heterocycles. The molecule has 0 heterocycles. The number of ketones is 1. The van der Waals surface area contributed by atoms with Crippen LogP contribution >= 0.6 is 0 Å². The third-order valence-corrected chi connectivity index (χ3v) is 6.29. The van der Waals surface area contributed by atoms with E-state index in [0.29, 0.717) is 50.8 Å². The number of rotatable bonds is 14. The highest BCUT2D eigenvalue weighted by Crippen LogP contribution is 2.45. The molecule has 6 nitrogen and oxygen atoms in total. The molecule has 0 aliphatic rings. The van der Waals surface area contributed by atoms with Crippen LogP contribution in [-0.2, 0) is 19.1 Å². The molecule has 6 heteroatoms. The molecule has 0 fully saturated rings. The second-order valence-corrected chi connectivity index (χ2v) is 9.16. The number of esters is 1. The van der Waals surface area contributed by atoms with Gasteiger partial charge in [0.05, 0.1) is 19.8 Å². The van der Waals surface area contributed by atoms with Gasteiger partial charge < -0.3 is 23.7 Å².